The molecule has 7 nitrogen and oxygen atoms in total. The van der Waals surface area contributed by atoms with Gasteiger partial charge in [-0.05, 0) is 32.0 Å². The van der Waals surface area contributed by atoms with E-state index in [1.54, 1.807) is 38.1 Å². The number of nitrogens with zero attached hydrogens (tertiary/aromatic N) is 1. The standard InChI is InChI=1S/C17H16N2O5/c1-3-24-17(21)12-8-4-5-10-14(12)18-16(20)13-9-6-7-11(2)15(13)19(22)23/h4-10H,3H2,1-2H3,(H,18,20). The summed E-state index contributed by atoms with van der Waals surface area (Å²) in [7, 11) is 0. The molecule has 1 amide bonds. The molecule has 1 N–H and O–H groups in total. The van der Waals surface area contributed by atoms with Gasteiger partial charge in [-0.3, -0.25) is 14.9 Å². The van der Waals surface area contributed by atoms with Gasteiger partial charge in [-0.1, -0.05) is 24.3 Å². The lowest BCUT2D eigenvalue weighted by molar-refractivity contribution is -0.385. The molecule has 0 aliphatic heterocycles. The highest BCUT2D eigenvalue weighted by Gasteiger charge is 2.23. The number of hydrogen-bond donors (Lipinski definition) is 1. The smallest absolute Gasteiger partial charge is 0.340 e. The number of esters is 1. The van der Waals surface area contributed by atoms with Crippen molar-refractivity contribution >= 4 is 23.3 Å². The van der Waals surface area contributed by atoms with Gasteiger partial charge in [0.2, 0.25) is 0 Å². The summed E-state index contributed by atoms with van der Waals surface area (Å²) >= 11 is 0. The summed E-state index contributed by atoms with van der Waals surface area (Å²) in [6.07, 6.45) is 0. The zero-order valence-corrected chi connectivity index (χ0v) is 13.2. The number of rotatable bonds is 5. The van der Waals surface area contributed by atoms with Gasteiger partial charge in [0.1, 0.15) is 5.56 Å². The molecule has 0 aliphatic rings. The van der Waals surface area contributed by atoms with Crippen LogP contribution in [0, 0.1) is 17.0 Å². The van der Waals surface area contributed by atoms with Gasteiger partial charge >= 0.3 is 5.97 Å². The highest BCUT2D eigenvalue weighted by Crippen LogP contribution is 2.25. The average Bonchev–Trinajstić information content (AvgIpc) is 2.54. The van der Waals surface area contributed by atoms with E-state index in [4.69, 9.17) is 4.74 Å². The Labute approximate surface area is 138 Å². The summed E-state index contributed by atoms with van der Waals surface area (Å²) in [6.45, 7) is 3.43. The fraction of sp³-hybridized carbons (Fsp3) is 0.176. The van der Waals surface area contributed by atoms with Gasteiger partial charge in [0.15, 0.2) is 0 Å². The first kappa shape index (κ1) is 17.1. The van der Waals surface area contributed by atoms with E-state index in [-0.39, 0.29) is 29.1 Å². The molecule has 0 aliphatic carbocycles. The van der Waals surface area contributed by atoms with Crippen LogP contribution in [-0.2, 0) is 4.74 Å². The normalized spacial score (nSPS) is 10.1. The Morgan fingerprint density at radius 1 is 1.12 bits per heavy atom. The second-order valence-electron chi connectivity index (χ2n) is 4.95. The molecular weight excluding hydrogens is 312 g/mol. The highest BCUT2D eigenvalue weighted by molar-refractivity contribution is 6.10. The lowest BCUT2D eigenvalue weighted by atomic mass is 10.1. The zero-order valence-electron chi connectivity index (χ0n) is 13.2. The first-order valence-corrected chi connectivity index (χ1v) is 7.27. The highest BCUT2D eigenvalue weighted by atomic mass is 16.6. The van der Waals surface area contributed by atoms with Gasteiger partial charge in [-0.15, -0.1) is 0 Å². The Bertz CT molecular complexity index is 801. The van der Waals surface area contributed by atoms with Crippen LogP contribution < -0.4 is 5.32 Å². The Balaban J connectivity index is 2.37. The van der Waals surface area contributed by atoms with Crippen LogP contribution in [0.1, 0.15) is 33.2 Å². The van der Waals surface area contributed by atoms with Gasteiger partial charge in [0, 0.05) is 5.56 Å². The lowest BCUT2D eigenvalue weighted by Crippen LogP contribution is -2.17. The number of para-hydroxylation sites is 2. The molecule has 0 bridgehead atoms. The minimum Gasteiger partial charge on any atom is -0.462 e. The molecule has 0 unspecified atom stereocenters. The molecule has 2 aromatic rings. The van der Waals surface area contributed by atoms with Crippen LogP contribution in [0.5, 0.6) is 0 Å². The molecule has 0 fully saturated rings. The van der Waals surface area contributed by atoms with E-state index in [0.29, 0.717) is 5.56 Å². The minimum atomic E-state index is -0.665. The van der Waals surface area contributed by atoms with Crippen LogP contribution in [0.15, 0.2) is 42.5 Å². The Morgan fingerprint density at radius 2 is 1.79 bits per heavy atom. The fourth-order valence-corrected chi connectivity index (χ4v) is 2.25. The van der Waals surface area contributed by atoms with Gasteiger partial charge < -0.3 is 10.1 Å². The SMILES string of the molecule is CCOC(=O)c1ccccc1NC(=O)c1cccc(C)c1[N+](=O)[O-]. The Hall–Kier alpha value is -3.22. The maximum absolute atomic E-state index is 12.5. The van der Waals surface area contributed by atoms with Crippen LogP contribution in [0.2, 0.25) is 0 Å². The first-order chi connectivity index (χ1) is 11.5. The molecule has 0 heterocycles. The predicted octanol–water partition coefficient (Wildman–Crippen LogP) is 3.33. The second kappa shape index (κ2) is 7.36. The maximum Gasteiger partial charge on any atom is 0.340 e. The molecule has 7 heteroatoms. The third kappa shape index (κ3) is 3.57. The Kier molecular flexibility index (Phi) is 5.26. The van der Waals surface area contributed by atoms with Gasteiger partial charge in [-0.25, -0.2) is 4.79 Å². The lowest BCUT2D eigenvalue weighted by Gasteiger charge is -2.11. The number of benzene rings is 2. The third-order valence-electron chi connectivity index (χ3n) is 3.34. The third-order valence-corrected chi connectivity index (χ3v) is 3.34. The van der Waals surface area contributed by atoms with Crippen molar-refractivity contribution < 1.29 is 19.2 Å². The fourth-order valence-electron chi connectivity index (χ4n) is 2.25. The average molecular weight is 328 g/mol. The van der Waals surface area contributed by atoms with E-state index >= 15 is 0 Å². The van der Waals surface area contributed by atoms with Crippen LogP contribution in [0.3, 0.4) is 0 Å². The molecule has 24 heavy (non-hydrogen) atoms. The predicted molar refractivity (Wildman–Crippen MR) is 88.2 cm³/mol. The van der Waals surface area contributed by atoms with Crippen molar-refractivity contribution in [3.8, 4) is 0 Å². The van der Waals surface area contributed by atoms with Crippen LogP contribution in [0.25, 0.3) is 0 Å². The topological polar surface area (TPSA) is 98.5 Å². The summed E-state index contributed by atoms with van der Waals surface area (Å²) in [5.74, 6) is -1.24. The summed E-state index contributed by atoms with van der Waals surface area (Å²) < 4.78 is 4.94. The Morgan fingerprint density at radius 3 is 2.46 bits per heavy atom. The van der Waals surface area contributed by atoms with Crippen molar-refractivity contribution in [3.05, 3.63) is 69.3 Å². The van der Waals surface area contributed by atoms with Crippen molar-refractivity contribution in [1.29, 1.82) is 0 Å². The molecule has 2 rings (SSSR count). The number of carbonyl (C=O) groups is 2. The quantitative estimate of drug-likeness (QED) is 0.515. The van der Waals surface area contributed by atoms with Crippen molar-refractivity contribution in [2.75, 3.05) is 11.9 Å². The number of nitro benzene ring substituents is 1. The minimum absolute atomic E-state index is 0.0707. The van der Waals surface area contributed by atoms with Crippen LogP contribution >= 0.6 is 0 Å². The van der Waals surface area contributed by atoms with Crippen molar-refractivity contribution in [2.24, 2.45) is 0 Å². The molecule has 124 valence electrons. The molecule has 0 radical (unpaired) electrons. The van der Waals surface area contributed by atoms with Crippen molar-refractivity contribution in [2.45, 2.75) is 13.8 Å². The molecule has 0 spiro atoms. The second-order valence-corrected chi connectivity index (χ2v) is 4.95. The molecule has 0 aromatic heterocycles. The van der Waals surface area contributed by atoms with E-state index in [0.717, 1.165) is 0 Å². The van der Waals surface area contributed by atoms with Gasteiger partial charge in [0.05, 0.1) is 22.8 Å². The summed E-state index contributed by atoms with van der Waals surface area (Å²) in [5, 5.41) is 13.8. The number of anilines is 1. The van der Waals surface area contributed by atoms with Crippen molar-refractivity contribution in [1.82, 2.24) is 0 Å². The van der Waals surface area contributed by atoms with Gasteiger partial charge in [0.25, 0.3) is 11.6 Å². The number of hydrogen-bond acceptors (Lipinski definition) is 5. The van der Waals surface area contributed by atoms with E-state index in [9.17, 15) is 19.7 Å². The first-order valence-electron chi connectivity index (χ1n) is 7.27. The molecular formula is C17H16N2O5. The number of aryl methyl sites for hydroxylation is 1. The molecule has 0 saturated carbocycles. The van der Waals surface area contributed by atoms with E-state index < -0.39 is 16.8 Å². The van der Waals surface area contributed by atoms with Crippen LogP contribution in [0.4, 0.5) is 11.4 Å². The van der Waals surface area contributed by atoms with Gasteiger partial charge in [-0.2, -0.15) is 0 Å². The molecule has 2 aromatic carbocycles. The number of amides is 1. The van der Waals surface area contributed by atoms with E-state index in [1.807, 2.05) is 0 Å². The van der Waals surface area contributed by atoms with E-state index in [1.165, 1.54) is 18.2 Å². The number of nitro groups is 1. The molecule has 0 saturated heterocycles. The monoisotopic (exact) mass is 328 g/mol. The summed E-state index contributed by atoms with van der Waals surface area (Å²) in [5.41, 5.74) is 0.466. The summed E-state index contributed by atoms with van der Waals surface area (Å²) in [6, 6.07) is 10.8. The molecule has 0 atom stereocenters. The van der Waals surface area contributed by atoms with Crippen LogP contribution in [-0.4, -0.2) is 23.4 Å². The van der Waals surface area contributed by atoms with Crippen molar-refractivity contribution in [3.63, 3.8) is 0 Å². The number of carbonyl (C=O) groups excluding carboxylic acids is 2. The zero-order chi connectivity index (χ0) is 17.7. The summed E-state index contributed by atoms with van der Waals surface area (Å²) in [4.78, 5) is 35.0. The largest absolute Gasteiger partial charge is 0.462 e. The van der Waals surface area contributed by atoms with E-state index in [2.05, 4.69) is 5.32 Å². The maximum atomic E-state index is 12.5. The number of ether oxygens (including phenoxy) is 1. The number of nitrogens with one attached hydrogen (secondary N) is 1.